The van der Waals surface area contributed by atoms with Gasteiger partial charge in [-0.15, -0.1) is 0 Å². The van der Waals surface area contributed by atoms with Gasteiger partial charge in [0.2, 0.25) is 0 Å². The van der Waals surface area contributed by atoms with Gasteiger partial charge in [0.1, 0.15) is 24.6 Å². The van der Waals surface area contributed by atoms with Crippen LogP contribution in [0.3, 0.4) is 0 Å². The number of hydrogen-bond acceptors (Lipinski definition) is 9. The lowest BCUT2D eigenvalue weighted by Gasteiger charge is -2.38. The van der Waals surface area contributed by atoms with Crippen molar-refractivity contribution in [2.75, 3.05) is 59.5 Å². The van der Waals surface area contributed by atoms with E-state index < -0.39 is 11.4 Å². The lowest BCUT2D eigenvalue weighted by atomic mass is 9.91. The normalized spacial score (nSPS) is 33.9. The maximum Gasteiger partial charge on any atom is 0.163 e. The number of carbonyl (C=O) groups excluding carboxylic acids is 1. The molecule has 0 aromatic heterocycles. The molecule has 0 aromatic carbocycles. The van der Waals surface area contributed by atoms with Crippen LogP contribution in [0.1, 0.15) is 20.3 Å². The zero-order chi connectivity index (χ0) is 19.2. The number of hydrogen-bond donors (Lipinski definition) is 0. The zero-order valence-corrected chi connectivity index (χ0v) is 16.1. The Hall–Kier alpha value is -0.650. The molecule has 0 amide bonds. The largest absolute Gasteiger partial charge is 0.377 e. The minimum Gasteiger partial charge on any atom is -0.377 e. The summed E-state index contributed by atoms with van der Waals surface area (Å²) in [6, 6.07) is 0. The maximum atomic E-state index is 10.1. The van der Waals surface area contributed by atoms with E-state index >= 15 is 0 Å². The number of rotatable bonds is 13. The van der Waals surface area contributed by atoms with Crippen molar-refractivity contribution in [2.45, 2.75) is 50.2 Å². The van der Waals surface area contributed by atoms with Crippen molar-refractivity contribution < 1.29 is 42.7 Å². The van der Waals surface area contributed by atoms with Crippen molar-refractivity contribution in [2.24, 2.45) is 0 Å². The third kappa shape index (κ3) is 5.68. The summed E-state index contributed by atoms with van der Waals surface area (Å²) in [6.07, 6.45) is 0.914. The third-order valence-corrected chi connectivity index (χ3v) is 4.65. The molecular formula is C18H30O9. The van der Waals surface area contributed by atoms with E-state index in [2.05, 4.69) is 0 Å². The van der Waals surface area contributed by atoms with Gasteiger partial charge >= 0.3 is 0 Å². The fraction of sp³-hybridized carbons (Fsp3) is 0.944. The highest BCUT2D eigenvalue weighted by Crippen LogP contribution is 2.46. The summed E-state index contributed by atoms with van der Waals surface area (Å²) in [6.45, 7) is 7.44. The van der Waals surface area contributed by atoms with Crippen molar-refractivity contribution in [1.29, 1.82) is 0 Å². The van der Waals surface area contributed by atoms with Gasteiger partial charge in [0.25, 0.3) is 0 Å². The van der Waals surface area contributed by atoms with Crippen LogP contribution in [0.2, 0.25) is 0 Å². The SMILES string of the molecule is CC1(C)O[C@@H]2[C@@H](C[C@H]3OC[C@]2(COCCOCCOCCOCC=O)O3)O1. The van der Waals surface area contributed by atoms with E-state index in [0.29, 0.717) is 65.6 Å². The molecule has 2 bridgehead atoms. The van der Waals surface area contributed by atoms with E-state index in [1.807, 2.05) is 13.8 Å². The second-order valence-electron chi connectivity index (χ2n) is 7.27. The van der Waals surface area contributed by atoms with Crippen LogP contribution in [0, 0.1) is 0 Å². The maximum absolute atomic E-state index is 10.1. The van der Waals surface area contributed by atoms with Crippen molar-refractivity contribution in [1.82, 2.24) is 0 Å². The van der Waals surface area contributed by atoms with E-state index in [-0.39, 0.29) is 25.1 Å². The Morgan fingerprint density at radius 1 is 0.926 bits per heavy atom. The molecule has 3 aliphatic rings. The standard InChI is InChI=1S/C18H30O9/c1-17(2)25-14-11-15-24-13-18(26-15,16(14)27-17)12-23-10-9-22-8-7-21-6-5-20-4-3-19/h3,14-16H,4-13H2,1-2H3/t14-,15+,16-,18+/m1/s1. The van der Waals surface area contributed by atoms with E-state index in [1.54, 1.807) is 0 Å². The van der Waals surface area contributed by atoms with Gasteiger partial charge in [-0.05, 0) is 13.8 Å². The van der Waals surface area contributed by atoms with Crippen LogP contribution in [-0.2, 0) is 42.7 Å². The van der Waals surface area contributed by atoms with Gasteiger partial charge in [0.05, 0.1) is 59.0 Å². The summed E-state index contributed by atoms with van der Waals surface area (Å²) >= 11 is 0. The Balaban J connectivity index is 1.26. The van der Waals surface area contributed by atoms with Gasteiger partial charge in [0.15, 0.2) is 12.1 Å². The molecule has 3 saturated heterocycles. The Bertz CT molecular complexity index is 472. The molecule has 3 aliphatic heterocycles. The van der Waals surface area contributed by atoms with Gasteiger partial charge in [-0.1, -0.05) is 0 Å². The fourth-order valence-corrected chi connectivity index (χ4v) is 3.56. The van der Waals surface area contributed by atoms with Gasteiger partial charge < -0.3 is 42.7 Å². The molecule has 9 nitrogen and oxygen atoms in total. The zero-order valence-electron chi connectivity index (χ0n) is 16.1. The lowest BCUT2D eigenvalue weighted by Crippen LogP contribution is -2.56. The van der Waals surface area contributed by atoms with Gasteiger partial charge in [-0.25, -0.2) is 0 Å². The molecule has 156 valence electrons. The second kappa shape index (κ2) is 9.71. The number of fused-ring (bicyclic) bond motifs is 4. The molecule has 9 heteroatoms. The molecular weight excluding hydrogens is 360 g/mol. The summed E-state index contributed by atoms with van der Waals surface area (Å²) in [5.41, 5.74) is -0.619. The topological polar surface area (TPSA) is 90.9 Å². The van der Waals surface area contributed by atoms with Crippen molar-refractivity contribution in [3.05, 3.63) is 0 Å². The molecule has 0 radical (unpaired) electrons. The average molecular weight is 390 g/mol. The van der Waals surface area contributed by atoms with Crippen LogP contribution in [0.15, 0.2) is 0 Å². The lowest BCUT2D eigenvalue weighted by molar-refractivity contribution is -0.204. The summed E-state index contributed by atoms with van der Waals surface area (Å²) < 4.78 is 45.3. The summed E-state index contributed by atoms with van der Waals surface area (Å²) in [5.74, 6) is -0.614. The van der Waals surface area contributed by atoms with Gasteiger partial charge in [-0.3, -0.25) is 0 Å². The molecule has 0 saturated carbocycles. The molecule has 3 rings (SSSR count). The highest BCUT2D eigenvalue weighted by atomic mass is 16.8. The van der Waals surface area contributed by atoms with Crippen molar-refractivity contribution in [3.8, 4) is 0 Å². The molecule has 0 unspecified atom stereocenters. The average Bonchev–Trinajstić information content (AvgIpc) is 3.14. The summed E-state index contributed by atoms with van der Waals surface area (Å²) in [4.78, 5) is 10.1. The van der Waals surface area contributed by atoms with Crippen LogP contribution < -0.4 is 0 Å². The first kappa shape index (κ1) is 21.1. The summed E-state index contributed by atoms with van der Waals surface area (Å²) in [5, 5.41) is 0. The first-order chi connectivity index (χ1) is 13.0. The van der Waals surface area contributed by atoms with Crippen LogP contribution >= 0.6 is 0 Å². The van der Waals surface area contributed by atoms with Crippen LogP contribution in [0.25, 0.3) is 0 Å². The van der Waals surface area contributed by atoms with Gasteiger partial charge in [0, 0.05) is 6.42 Å². The smallest absolute Gasteiger partial charge is 0.163 e. The molecule has 0 N–H and O–H groups in total. The highest BCUT2D eigenvalue weighted by Gasteiger charge is 2.61. The molecule has 0 spiro atoms. The second-order valence-corrected chi connectivity index (χ2v) is 7.27. The monoisotopic (exact) mass is 390 g/mol. The van der Waals surface area contributed by atoms with Gasteiger partial charge in [-0.2, -0.15) is 0 Å². The first-order valence-electron chi connectivity index (χ1n) is 9.44. The number of aldehydes is 1. The minimum absolute atomic E-state index is 0.0336. The predicted octanol–water partition coefficient (Wildman–Crippen LogP) is 0.287. The molecule has 3 heterocycles. The van der Waals surface area contributed by atoms with Crippen molar-refractivity contribution >= 4 is 6.29 Å². The van der Waals surface area contributed by atoms with E-state index in [4.69, 9.17) is 37.9 Å². The third-order valence-electron chi connectivity index (χ3n) is 4.65. The van der Waals surface area contributed by atoms with E-state index in [1.165, 1.54) is 0 Å². The molecule has 0 aromatic rings. The van der Waals surface area contributed by atoms with Crippen molar-refractivity contribution in [3.63, 3.8) is 0 Å². The first-order valence-corrected chi connectivity index (χ1v) is 9.44. The molecule has 27 heavy (non-hydrogen) atoms. The minimum atomic E-state index is -0.619. The van der Waals surface area contributed by atoms with Crippen LogP contribution in [0.4, 0.5) is 0 Å². The molecule has 3 fully saturated rings. The Morgan fingerprint density at radius 3 is 2.30 bits per heavy atom. The summed E-state index contributed by atoms with van der Waals surface area (Å²) in [7, 11) is 0. The Labute approximate surface area is 159 Å². The molecule has 0 aliphatic carbocycles. The van der Waals surface area contributed by atoms with Crippen LogP contribution in [0.5, 0.6) is 0 Å². The Morgan fingerprint density at radius 2 is 1.59 bits per heavy atom. The van der Waals surface area contributed by atoms with E-state index in [9.17, 15) is 4.79 Å². The quantitative estimate of drug-likeness (QED) is 0.325. The fourth-order valence-electron chi connectivity index (χ4n) is 3.56. The molecule has 4 atom stereocenters. The highest BCUT2D eigenvalue weighted by molar-refractivity contribution is 5.50. The van der Waals surface area contributed by atoms with Crippen LogP contribution in [-0.4, -0.2) is 95.6 Å². The Kier molecular flexibility index (Phi) is 7.57. The number of carbonyl (C=O) groups is 1. The predicted molar refractivity (Wildman–Crippen MR) is 91.3 cm³/mol. The number of ether oxygens (including phenoxy) is 8. The van der Waals surface area contributed by atoms with E-state index in [0.717, 1.165) is 0 Å².